The molecule has 0 atom stereocenters. The van der Waals surface area contributed by atoms with Gasteiger partial charge in [0.2, 0.25) is 0 Å². The predicted octanol–water partition coefficient (Wildman–Crippen LogP) is 0.306. The molecule has 0 aromatic heterocycles. The molecule has 0 aliphatic carbocycles. The van der Waals surface area contributed by atoms with Crippen LogP contribution in [0.1, 0.15) is 10.4 Å². The molecular weight excluding hydrogens is 276 g/mol. The summed E-state index contributed by atoms with van der Waals surface area (Å²) in [5, 5.41) is 0. The van der Waals surface area contributed by atoms with Crippen molar-refractivity contribution in [3.05, 3.63) is 35.9 Å². The number of benzene rings is 1. The van der Waals surface area contributed by atoms with Crippen molar-refractivity contribution < 1.29 is 23.9 Å². The molecule has 7 nitrogen and oxygen atoms in total. The van der Waals surface area contributed by atoms with Gasteiger partial charge >= 0.3 is 12.0 Å². The number of hydrogen-bond acceptors (Lipinski definition) is 5. The summed E-state index contributed by atoms with van der Waals surface area (Å²) in [5.41, 5.74) is 0.429. The number of urea groups is 1. The molecule has 21 heavy (non-hydrogen) atoms. The van der Waals surface area contributed by atoms with Crippen LogP contribution in [0, 0.1) is 0 Å². The van der Waals surface area contributed by atoms with Crippen molar-refractivity contribution in [1.29, 1.82) is 0 Å². The molecule has 0 radical (unpaired) electrons. The summed E-state index contributed by atoms with van der Waals surface area (Å²) >= 11 is 0. The highest BCUT2D eigenvalue weighted by atomic mass is 16.5. The van der Waals surface area contributed by atoms with E-state index >= 15 is 0 Å². The Balaban J connectivity index is 1.84. The van der Waals surface area contributed by atoms with Crippen LogP contribution < -0.4 is 0 Å². The second-order valence-electron chi connectivity index (χ2n) is 4.57. The Morgan fingerprint density at radius 2 is 1.86 bits per heavy atom. The molecule has 1 saturated heterocycles. The first-order chi connectivity index (χ1) is 9.99. The summed E-state index contributed by atoms with van der Waals surface area (Å²) in [6.07, 6.45) is 0. The van der Waals surface area contributed by atoms with E-state index in [1.807, 2.05) is 0 Å². The van der Waals surface area contributed by atoms with Crippen LogP contribution in [-0.2, 0) is 14.3 Å². The minimum atomic E-state index is -0.795. The van der Waals surface area contributed by atoms with Gasteiger partial charge in [-0.25, -0.2) is 4.79 Å². The lowest BCUT2D eigenvalue weighted by molar-refractivity contribution is -0.145. The topological polar surface area (TPSA) is 84.0 Å². The maximum atomic E-state index is 11.7. The Kier molecular flexibility index (Phi) is 4.32. The van der Waals surface area contributed by atoms with Crippen LogP contribution in [0.3, 0.4) is 0 Å². The molecule has 2 rings (SSSR count). The fourth-order valence-corrected chi connectivity index (χ4v) is 1.85. The second kappa shape index (κ2) is 6.17. The molecule has 0 N–H and O–H groups in total. The van der Waals surface area contributed by atoms with Crippen LogP contribution in [0.15, 0.2) is 30.3 Å². The van der Waals surface area contributed by atoms with Crippen LogP contribution in [0.2, 0.25) is 0 Å². The van der Waals surface area contributed by atoms with E-state index in [-0.39, 0.29) is 12.3 Å². The zero-order valence-electron chi connectivity index (χ0n) is 11.4. The summed E-state index contributed by atoms with van der Waals surface area (Å²) in [5.74, 6) is -1.61. The van der Waals surface area contributed by atoms with Crippen LogP contribution >= 0.6 is 0 Å². The molecule has 1 aromatic rings. The van der Waals surface area contributed by atoms with E-state index in [4.69, 9.17) is 4.74 Å². The van der Waals surface area contributed by atoms with E-state index in [1.165, 1.54) is 11.9 Å². The maximum absolute atomic E-state index is 11.7. The number of carbonyl (C=O) groups is 4. The lowest BCUT2D eigenvalue weighted by atomic mass is 10.1. The van der Waals surface area contributed by atoms with Gasteiger partial charge < -0.3 is 9.64 Å². The summed E-state index contributed by atoms with van der Waals surface area (Å²) in [6, 6.07) is 7.84. The zero-order chi connectivity index (χ0) is 15.4. The molecular formula is C14H14N2O5. The van der Waals surface area contributed by atoms with Gasteiger partial charge in [0.1, 0.15) is 13.1 Å². The van der Waals surface area contributed by atoms with E-state index < -0.39 is 31.1 Å². The molecule has 1 heterocycles. The van der Waals surface area contributed by atoms with Crippen LogP contribution in [0.25, 0.3) is 0 Å². The van der Waals surface area contributed by atoms with Crippen molar-refractivity contribution in [3.63, 3.8) is 0 Å². The smallest absolute Gasteiger partial charge is 0.327 e. The number of imide groups is 1. The average molecular weight is 290 g/mol. The van der Waals surface area contributed by atoms with Crippen molar-refractivity contribution in [1.82, 2.24) is 9.80 Å². The van der Waals surface area contributed by atoms with E-state index in [0.29, 0.717) is 5.56 Å². The van der Waals surface area contributed by atoms with Crippen molar-refractivity contribution in [2.75, 3.05) is 26.7 Å². The lowest BCUT2D eigenvalue weighted by Gasteiger charge is -2.13. The van der Waals surface area contributed by atoms with Gasteiger partial charge in [-0.3, -0.25) is 19.3 Å². The molecule has 110 valence electrons. The third kappa shape index (κ3) is 3.44. The Labute approximate surface area is 121 Å². The Morgan fingerprint density at radius 1 is 1.19 bits per heavy atom. The van der Waals surface area contributed by atoms with Crippen LogP contribution in [-0.4, -0.2) is 60.2 Å². The van der Waals surface area contributed by atoms with Crippen LogP contribution in [0.4, 0.5) is 4.79 Å². The highest BCUT2D eigenvalue weighted by Gasteiger charge is 2.35. The van der Waals surface area contributed by atoms with E-state index in [2.05, 4.69) is 0 Å². The first-order valence-electron chi connectivity index (χ1n) is 6.28. The zero-order valence-corrected chi connectivity index (χ0v) is 11.4. The molecule has 7 heteroatoms. The number of rotatable bonds is 5. The maximum Gasteiger partial charge on any atom is 0.327 e. The first-order valence-corrected chi connectivity index (χ1v) is 6.28. The molecule has 3 amide bonds. The number of likely N-dealkylation sites (N-methyl/N-ethyl adjacent to an activating group) is 1. The molecule has 1 aliphatic heterocycles. The quantitative estimate of drug-likeness (QED) is 0.442. The highest BCUT2D eigenvalue weighted by molar-refractivity contribution is 6.04. The van der Waals surface area contributed by atoms with Gasteiger partial charge in [-0.1, -0.05) is 30.3 Å². The normalized spacial score (nSPS) is 14.5. The number of hydrogen-bond donors (Lipinski definition) is 0. The van der Waals surface area contributed by atoms with Crippen molar-refractivity contribution in [3.8, 4) is 0 Å². The lowest BCUT2D eigenvalue weighted by Crippen LogP contribution is -2.37. The van der Waals surface area contributed by atoms with E-state index in [1.54, 1.807) is 30.3 Å². The summed E-state index contributed by atoms with van der Waals surface area (Å²) in [6.45, 7) is -0.964. The van der Waals surface area contributed by atoms with Crippen molar-refractivity contribution >= 4 is 23.7 Å². The Bertz CT molecular complexity index is 584. The van der Waals surface area contributed by atoms with Crippen molar-refractivity contribution in [2.24, 2.45) is 0 Å². The van der Waals surface area contributed by atoms with Gasteiger partial charge in [0.05, 0.1) is 0 Å². The molecule has 0 spiro atoms. The van der Waals surface area contributed by atoms with Gasteiger partial charge in [-0.2, -0.15) is 0 Å². The van der Waals surface area contributed by atoms with Gasteiger partial charge in [0, 0.05) is 12.6 Å². The van der Waals surface area contributed by atoms with Gasteiger partial charge in [0.15, 0.2) is 12.4 Å². The molecule has 1 aliphatic rings. The summed E-state index contributed by atoms with van der Waals surface area (Å²) in [4.78, 5) is 48.4. The van der Waals surface area contributed by atoms with Crippen LogP contribution in [0.5, 0.6) is 0 Å². The van der Waals surface area contributed by atoms with Gasteiger partial charge in [0.25, 0.3) is 5.91 Å². The number of esters is 1. The standard InChI is InChI=1S/C14H14N2O5/c1-15-7-12(18)16(14(15)20)8-13(19)21-9-11(17)10-5-3-2-4-6-10/h2-6H,7-9H2,1H3. The highest BCUT2D eigenvalue weighted by Crippen LogP contribution is 2.07. The predicted molar refractivity (Wildman–Crippen MR) is 71.5 cm³/mol. The third-order valence-electron chi connectivity index (χ3n) is 2.98. The molecule has 0 saturated carbocycles. The average Bonchev–Trinajstić information content (AvgIpc) is 2.72. The number of ether oxygens (including phenoxy) is 1. The Morgan fingerprint density at radius 3 is 2.43 bits per heavy atom. The SMILES string of the molecule is CN1CC(=O)N(CC(=O)OCC(=O)c2ccccc2)C1=O. The first kappa shape index (κ1) is 14.7. The molecule has 1 fully saturated rings. The fraction of sp³-hybridized carbons (Fsp3) is 0.286. The van der Waals surface area contributed by atoms with Gasteiger partial charge in [-0.15, -0.1) is 0 Å². The Hall–Kier alpha value is -2.70. The molecule has 0 bridgehead atoms. The number of carbonyl (C=O) groups excluding carboxylic acids is 4. The number of ketones is 1. The van der Waals surface area contributed by atoms with Crippen molar-refractivity contribution in [2.45, 2.75) is 0 Å². The second-order valence-corrected chi connectivity index (χ2v) is 4.57. The summed E-state index contributed by atoms with van der Waals surface area (Å²) in [7, 11) is 1.46. The number of Topliss-reactive ketones (excluding diaryl/α,β-unsaturated/α-hetero) is 1. The third-order valence-corrected chi connectivity index (χ3v) is 2.98. The monoisotopic (exact) mass is 290 g/mol. The van der Waals surface area contributed by atoms with E-state index in [0.717, 1.165) is 4.90 Å². The largest absolute Gasteiger partial charge is 0.456 e. The number of nitrogens with zero attached hydrogens (tertiary/aromatic N) is 2. The minimum absolute atomic E-state index is 0.0605. The van der Waals surface area contributed by atoms with E-state index in [9.17, 15) is 19.2 Å². The molecule has 1 aromatic carbocycles. The molecule has 0 unspecified atom stereocenters. The summed E-state index contributed by atoms with van der Waals surface area (Å²) < 4.78 is 4.80. The number of amides is 3. The minimum Gasteiger partial charge on any atom is -0.456 e. The fourth-order valence-electron chi connectivity index (χ4n) is 1.85. The van der Waals surface area contributed by atoms with Gasteiger partial charge in [-0.05, 0) is 0 Å².